The highest BCUT2D eigenvalue weighted by molar-refractivity contribution is 5.63. The molecule has 0 aliphatic heterocycles. The van der Waals surface area contributed by atoms with Gasteiger partial charge in [0.25, 0.3) is 0 Å². The lowest BCUT2D eigenvalue weighted by molar-refractivity contribution is -0.137. The number of alkyl halides is 3. The second-order valence-electron chi connectivity index (χ2n) is 4.46. The molecule has 3 nitrogen and oxygen atoms in total. The van der Waals surface area contributed by atoms with Crippen LogP contribution in [0.2, 0.25) is 0 Å². The molecule has 3 rings (SSSR count). The van der Waals surface area contributed by atoms with Crippen LogP contribution in [-0.4, -0.2) is 14.6 Å². The van der Waals surface area contributed by atoms with E-state index in [4.69, 9.17) is 0 Å². The van der Waals surface area contributed by atoms with E-state index >= 15 is 0 Å². The standard InChI is InChI=1S/C14H10F3N3/c1-9-8-12(20-13(19-9)6-7-18-20)10-2-4-11(5-3-10)14(15,16)17/h2-8H,1H3. The molecule has 0 bridgehead atoms. The zero-order valence-corrected chi connectivity index (χ0v) is 10.5. The van der Waals surface area contributed by atoms with Crippen LogP contribution in [0.4, 0.5) is 13.2 Å². The number of halogens is 3. The SMILES string of the molecule is Cc1cc(-c2ccc(C(F)(F)F)cc2)n2nccc2n1. The summed E-state index contributed by atoms with van der Waals surface area (Å²) < 4.78 is 39.3. The number of aromatic nitrogens is 3. The molecule has 0 amide bonds. The number of benzene rings is 1. The summed E-state index contributed by atoms with van der Waals surface area (Å²) in [4.78, 5) is 4.30. The van der Waals surface area contributed by atoms with Crippen molar-refractivity contribution in [2.24, 2.45) is 0 Å². The maximum atomic E-state index is 12.6. The first-order chi connectivity index (χ1) is 9.45. The number of fused-ring (bicyclic) bond motifs is 1. The van der Waals surface area contributed by atoms with Gasteiger partial charge in [-0.25, -0.2) is 9.50 Å². The highest BCUT2D eigenvalue weighted by Crippen LogP contribution is 2.31. The fourth-order valence-corrected chi connectivity index (χ4v) is 2.07. The van der Waals surface area contributed by atoms with Crippen molar-refractivity contribution in [1.82, 2.24) is 14.6 Å². The van der Waals surface area contributed by atoms with Gasteiger partial charge in [0.2, 0.25) is 0 Å². The van der Waals surface area contributed by atoms with Crippen molar-refractivity contribution in [2.75, 3.05) is 0 Å². The van der Waals surface area contributed by atoms with Crippen molar-refractivity contribution in [3.05, 3.63) is 53.9 Å². The molecule has 0 saturated heterocycles. The summed E-state index contributed by atoms with van der Waals surface area (Å²) >= 11 is 0. The minimum atomic E-state index is -4.33. The van der Waals surface area contributed by atoms with E-state index in [1.165, 1.54) is 12.1 Å². The first-order valence-corrected chi connectivity index (χ1v) is 5.94. The van der Waals surface area contributed by atoms with Gasteiger partial charge in [-0.3, -0.25) is 0 Å². The molecule has 20 heavy (non-hydrogen) atoms. The van der Waals surface area contributed by atoms with Gasteiger partial charge in [-0.15, -0.1) is 0 Å². The van der Waals surface area contributed by atoms with E-state index in [0.29, 0.717) is 16.9 Å². The Morgan fingerprint density at radius 3 is 2.40 bits per heavy atom. The predicted octanol–water partition coefficient (Wildman–Crippen LogP) is 3.72. The summed E-state index contributed by atoms with van der Waals surface area (Å²) in [6.07, 6.45) is -2.72. The normalized spacial score (nSPS) is 12.0. The van der Waals surface area contributed by atoms with Crippen LogP contribution >= 0.6 is 0 Å². The molecule has 0 unspecified atom stereocenters. The highest BCUT2D eigenvalue weighted by atomic mass is 19.4. The van der Waals surface area contributed by atoms with Crippen LogP contribution in [0.15, 0.2) is 42.6 Å². The topological polar surface area (TPSA) is 30.2 Å². The van der Waals surface area contributed by atoms with Gasteiger partial charge in [-0.1, -0.05) is 12.1 Å². The molecule has 0 fully saturated rings. The summed E-state index contributed by atoms with van der Waals surface area (Å²) in [6.45, 7) is 1.83. The lowest BCUT2D eigenvalue weighted by Gasteiger charge is -2.09. The van der Waals surface area contributed by atoms with Crippen LogP contribution in [0.3, 0.4) is 0 Å². The van der Waals surface area contributed by atoms with E-state index in [9.17, 15) is 13.2 Å². The molecule has 0 spiro atoms. The van der Waals surface area contributed by atoms with Crippen molar-refractivity contribution in [3.8, 4) is 11.3 Å². The number of aryl methyl sites for hydroxylation is 1. The first-order valence-electron chi connectivity index (χ1n) is 5.94. The van der Waals surface area contributed by atoms with Gasteiger partial charge in [0.05, 0.1) is 17.5 Å². The molecule has 0 aliphatic carbocycles. The Kier molecular flexibility index (Phi) is 2.74. The average molecular weight is 277 g/mol. The van der Waals surface area contributed by atoms with Crippen LogP contribution in [-0.2, 0) is 6.18 Å². The Balaban J connectivity index is 2.14. The molecule has 1 aromatic carbocycles. The zero-order chi connectivity index (χ0) is 14.3. The molecule has 3 aromatic rings. The monoisotopic (exact) mass is 277 g/mol. The van der Waals surface area contributed by atoms with Gasteiger partial charge >= 0.3 is 6.18 Å². The van der Waals surface area contributed by atoms with Crippen molar-refractivity contribution in [2.45, 2.75) is 13.1 Å². The highest BCUT2D eigenvalue weighted by Gasteiger charge is 2.30. The minimum Gasteiger partial charge on any atom is -0.234 e. The molecule has 0 saturated carbocycles. The molecule has 2 heterocycles. The van der Waals surface area contributed by atoms with Crippen LogP contribution < -0.4 is 0 Å². The molecule has 6 heteroatoms. The summed E-state index contributed by atoms with van der Waals surface area (Å²) in [5.74, 6) is 0. The van der Waals surface area contributed by atoms with Crippen LogP contribution in [0.25, 0.3) is 16.9 Å². The molecule has 0 radical (unpaired) electrons. The van der Waals surface area contributed by atoms with E-state index in [-0.39, 0.29) is 0 Å². The number of hydrogen-bond acceptors (Lipinski definition) is 2. The Morgan fingerprint density at radius 1 is 1.05 bits per heavy atom. The maximum absolute atomic E-state index is 12.6. The second kappa shape index (κ2) is 4.33. The van der Waals surface area contributed by atoms with Gasteiger partial charge in [0, 0.05) is 17.3 Å². The summed E-state index contributed by atoms with van der Waals surface area (Å²) in [7, 11) is 0. The van der Waals surface area contributed by atoms with Crippen LogP contribution in [0.5, 0.6) is 0 Å². The predicted molar refractivity (Wildman–Crippen MR) is 68.2 cm³/mol. The molecule has 0 N–H and O–H groups in total. The quantitative estimate of drug-likeness (QED) is 0.678. The summed E-state index contributed by atoms with van der Waals surface area (Å²) in [5.41, 5.74) is 2.17. The van der Waals surface area contributed by atoms with Gasteiger partial charge in [0.15, 0.2) is 5.65 Å². The maximum Gasteiger partial charge on any atom is 0.416 e. The summed E-state index contributed by atoms with van der Waals surface area (Å²) in [6, 6.07) is 8.57. The van der Waals surface area contributed by atoms with Gasteiger partial charge in [-0.2, -0.15) is 18.3 Å². The fraction of sp³-hybridized carbons (Fsp3) is 0.143. The largest absolute Gasteiger partial charge is 0.416 e. The van der Waals surface area contributed by atoms with Crippen molar-refractivity contribution in [1.29, 1.82) is 0 Å². The van der Waals surface area contributed by atoms with E-state index < -0.39 is 11.7 Å². The third-order valence-corrected chi connectivity index (χ3v) is 3.00. The molecule has 0 atom stereocenters. The second-order valence-corrected chi connectivity index (χ2v) is 4.46. The number of nitrogens with zero attached hydrogens (tertiary/aromatic N) is 3. The number of rotatable bonds is 1. The smallest absolute Gasteiger partial charge is 0.234 e. The Hall–Kier alpha value is -2.37. The Bertz CT molecular complexity index is 757. The minimum absolute atomic E-state index is 0.663. The zero-order valence-electron chi connectivity index (χ0n) is 10.5. The third-order valence-electron chi connectivity index (χ3n) is 3.00. The molecule has 2 aromatic heterocycles. The van der Waals surface area contributed by atoms with Gasteiger partial charge in [0.1, 0.15) is 0 Å². The first kappa shape index (κ1) is 12.7. The molecular weight excluding hydrogens is 267 g/mol. The fourth-order valence-electron chi connectivity index (χ4n) is 2.07. The lowest BCUT2D eigenvalue weighted by atomic mass is 10.1. The number of hydrogen-bond donors (Lipinski definition) is 0. The van der Waals surface area contributed by atoms with Crippen molar-refractivity contribution in [3.63, 3.8) is 0 Å². The molecule has 0 aliphatic rings. The lowest BCUT2D eigenvalue weighted by Crippen LogP contribution is -2.04. The van der Waals surface area contributed by atoms with E-state index in [1.54, 1.807) is 22.8 Å². The van der Waals surface area contributed by atoms with Crippen LogP contribution in [0.1, 0.15) is 11.3 Å². The van der Waals surface area contributed by atoms with Crippen molar-refractivity contribution < 1.29 is 13.2 Å². The van der Waals surface area contributed by atoms with E-state index in [1.807, 2.05) is 6.92 Å². The third kappa shape index (κ3) is 2.13. The van der Waals surface area contributed by atoms with Gasteiger partial charge < -0.3 is 0 Å². The van der Waals surface area contributed by atoms with Crippen molar-refractivity contribution >= 4 is 5.65 Å². The Morgan fingerprint density at radius 2 is 1.75 bits per heavy atom. The van der Waals surface area contributed by atoms with Gasteiger partial charge in [-0.05, 0) is 25.1 Å². The summed E-state index contributed by atoms with van der Waals surface area (Å²) in [5, 5.41) is 4.14. The van der Waals surface area contributed by atoms with E-state index in [0.717, 1.165) is 17.8 Å². The van der Waals surface area contributed by atoms with E-state index in [2.05, 4.69) is 10.1 Å². The average Bonchev–Trinajstić information content (AvgIpc) is 2.85. The molecular formula is C14H10F3N3. The molecule has 102 valence electrons. The van der Waals surface area contributed by atoms with Crippen LogP contribution in [0, 0.1) is 6.92 Å². The Labute approximate surface area is 112 Å².